The van der Waals surface area contributed by atoms with Crippen LogP contribution in [0.5, 0.6) is 0 Å². The van der Waals surface area contributed by atoms with Gasteiger partial charge in [-0.1, -0.05) is 11.6 Å². The van der Waals surface area contributed by atoms with Crippen molar-refractivity contribution in [1.82, 2.24) is 10.2 Å². The summed E-state index contributed by atoms with van der Waals surface area (Å²) in [5, 5.41) is 8.12. The van der Waals surface area contributed by atoms with Gasteiger partial charge >= 0.3 is 0 Å². The van der Waals surface area contributed by atoms with Crippen molar-refractivity contribution in [3.63, 3.8) is 0 Å². The summed E-state index contributed by atoms with van der Waals surface area (Å²) in [4.78, 5) is 0. The van der Waals surface area contributed by atoms with Gasteiger partial charge in [0.2, 0.25) is 0 Å². The monoisotopic (exact) mass is 216 g/mol. The van der Waals surface area contributed by atoms with Gasteiger partial charge in [0.15, 0.2) is 5.15 Å². The van der Waals surface area contributed by atoms with Crippen LogP contribution in [-0.4, -0.2) is 24.4 Å². The lowest BCUT2D eigenvalue weighted by molar-refractivity contribution is 0.167. The quantitative estimate of drug-likeness (QED) is 0.769. The first-order chi connectivity index (χ1) is 6.70. The maximum Gasteiger partial charge on any atom is 0.157 e. The lowest BCUT2D eigenvalue weighted by Crippen LogP contribution is -2.05. The Morgan fingerprint density at radius 1 is 1.07 bits per heavy atom. The molecule has 5 heteroatoms. The number of rotatable bonds is 4. The third-order valence-electron chi connectivity index (χ3n) is 1.92. The average Bonchev–Trinajstić information content (AvgIpc) is 2.17. The van der Waals surface area contributed by atoms with Crippen LogP contribution in [0.25, 0.3) is 0 Å². The Bertz CT molecular complexity index is 287. The first kappa shape index (κ1) is 11.4. The van der Waals surface area contributed by atoms with Gasteiger partial charge in [0, 0.05) is 25.3 Å². The van der Waals surface area contributed by atoms with Crippen molar-refractivity contribution in [3.05, 3.63) is 22.0 Å². The Balaban J connectivity index is 3.12. The summed E-state index contributed by atoms with van der Waals surface area (Å²) < 4.78 is 10.1. The van der Waals surface area contributed by atoms with Gasteiger partial charge in [-0.25, -0.2) is 0 Å². The normalized spacial score (nSPS) is 10.6. The van der Waals surface area contributed by atoms with Crippen LogP contribution >= 0.6 is 11.6 Å². The molecule has 1 aromatic heterocycles. The Morgan fingerprint density at radius 3 is 2.21 bits per heavy atom. The van der Waals surface area contributed by atoms with Gasteiger partial charge in [0.05, 0.1) is 18.9 Å². The van der Waals surface area contributed by atoms with E-state index in [0.29, 0.717) is 18.4 Å². The van der Waals surface area contributed by atoms with Crippen LogP contribution in [0.4, 0.5) is 0 Å². The van der Waals surface area contributed by atoms with Crippen molar-refractivity contribution >= 4 is 11.6 Å². The van der Waals surface area contributed by atoms with Crippen molar-refractivity contribution in [2.24, 2.45) is 0 Å². The smallest absolute Gasteiger partial charge is 0.157 e. The van der Waals surface area contributed by atoms with Gasteiger partial charge in [0.1, 0.15) is 0 Å². The minimum atomic E-state index is 0.379. The Kier molecular flexibility index (Phi) is 4.25. The van der Waals surface area contributed by atoms with Crippen LogP contribution < -0.4 is 0 Å². The summed E-state index contributed by atoms with van der Waals surface area (Å²) in [6.45, 7) is 2.77. The number of hydrogen-bond donors (Lipinski definition) is 0. The molecule has 14 heavy (non-hydrogen) atoms. The molecule has 0 N–H and O–H groups in total. The van der Waals surface area contributed by atoms with E-state index in [2.05, 4.69) is 10.2 Å². The van der Waals surface area contributed by atoms with Gasteiger partial charge in [-0.05, 0) is 6.92 Å². The number of nitrogens with zero attached hydrogens (tertiary/aromatic N) is 2. The predicted molar refractivity (Wildman–Crippen MR) is 53.2 cm³/mol. The molecule has 0 aromatic carbocycles. The SMILES string of the molecule is COCc1c(C)nnc(Cl)c1COC. The molecule has 1 aromatic rings. The second-order valence-corrected chi connectivity index (χ2v) is 3.26. The van der Waals surface area contributed by atoms with Crippen LogP contribution in [0, 0.1) is 6.92 Å². The number of aromatic nitrogens is 2. The minimum absolute atomic E-state index is 0.379. The topological polar surface area (TPSA) is 44.2 Å². The van der Waals surface area contributed by atoms with Crippen LogP contribution in [-0.2, 0) is 22.7 Å². The molecule has 1 rings (SSSR count). The first-order valence-electron chi connectivity index (χ1n) is 4.19. The van der Waals surface area contributed by atoms with E-state index in [9.17, 15) is 0 Å². The molecule has 0 radical (unpaired) electrons. The molecule has 0 saturated carbocycles. The molecule has 4 nitrogen and oxygen atoms in total. The largest absolute Gasteiger partial charge is 0.380 e. The molecule has 0 bridgehead atoms. The maximum atomic E-state index is 5.91. The molecule has 1 heterocycles. The molecule has 0 unspecified atom stereocenters. The second-order valence-electron chi connectivity index (χ2n) is 2.90. The summed E-state index contributed by atoms with van der Waals surface area (Å²) in [6.07, 6.45) is 0. The van der Waals surface area contributed by atoms with E-state index in [1.807, 2.05) is 6.92 Å². The molecule has 0 aliphatic rings. The highest BCUT2D eigenvalue weighted by Crippen LogP contribution is 2.20. The summed E-state index contributed by atoms with van der Waals surface area (Å²) in [5.41, 5.74) is 2.63. The van der Waals surface area contributed by atoms with E-state index in [4.69, 9.17) is 21.1 Å². The number of halogens is 1. The van der Waals surface area contributed by atoms with Gasteiger partial charge in [0.25, 0.3) is 0 Å². The summed E-state index contributed by atoms with van der Waals surface area (Å²) >= 11 is 5.91. The molecule has 0 aliphatic heterocycles. The van der Waals surface area contributed by atoms with E-state index in [-0.39, 0.29) is 0 Å². The summed E-state index contributed by atoms with van der Waals surface area (Å²) in [5.74, 6) is 0. The third-order valence-corrected chi connectivity index (χ3v) is 2.22. The number of hydrogen-bond acceptors (Lipinski definition) is 4. The summed E-state index contributed by atoms with van der Waals surface area (Å²) in [7, 11) is 3.24. The van der Waals surface area contributed by atoms with Gasteiger partial charge < -0.3 is 9.47 Å². The highest BCUT2D eigenvalue weighted by molar-refractivity contribution is 6.30. The molecular weight excluding hydrogens is 204 g/mol. The molecule has 0 amide bonds. The number of ether oxygens (including phenoxy) is 2. The third kappa shape index (κ3) is 2.41. The first-order valence-corrected chi connectivity index (χ1v) is 4.57. The fourth-order valence-corrected chi connectivity index (χ4v) is 1.42. The van der Waals surface area contributed by atoms with Crippen molar-refractivity contribution in [3.8, 4) is 0 Å². The zero-order valence-electron chi connectivity index (χ0n) is 8.50. The highest BCUT2D eigenvalue weighted by atomic mass is 35.5. The van der Waals surface area contributed by atoms with E-state index < -0.39 is 0 Å². The maximum absolute atomic E-state index is 5.91. The Morgan fingerprint density at radius 2 is 1.64 bits per heavy atom. The van der Waals surface area contributed by atoms with E-state index in [1.54, 1.807) is 14.2 Å². The highest BCUT2D eigenvalue weighted by Gasteiger charge is 2.12. The zero-order chi connectivity index (χ0) is 10.6. The second kappa shape index (κ2) is 5.24. The van der Waals surface area contributed by atoms with Crippen molar-refractivity contribution in [2.75, 3.05) is 14.2 Å². The molecule has 0 fully saturated rings. The molecule has 78 valence electrons. The predicted octanol–water partition coefficient (Wildman–Crippen LogP) is 1.73. The van der Waals surface area contributed by atoms with Crippen LogP contribution in [0.1, 0.15) is 16.8 Å². The summed E-state index contributed by atoms with van der Waals surface area (Å²) in [6, 6.07) is 0. The van der Waals surface area contributed by atoms with Crippen LogP contribution in [0.15, 0.2) is 0 Å². The van der Waals surface area contributed by atoms with Gasteiger partial charge in [-0.2, -0.15) is 5.10 Å². The van der Waals surface area contributed by atoms with Crippen LogP contribution in [0.2, 0.25) is 5.15 Å². The van der Waals surface area contributed by atoms with Crippen molar-refractivity contribution in [1.29, 1.82) is 0 Å². The van der Waals surface area contributed by atoms with Crippen LogP contribution in [0.3, 0.4) is 0 Å². The van der Waals surface area contributed by atoms with E-state index >= 15 is 0 Å². The zero-order valence-corrected chi connectivity index (χ0v) is 9.26. The van der Waals surface area contributed by atoms with Gasteiger partial charge in [-0.3, -0.25) is 0 Å². The van der Waals surface area contributed by atoms with Crippen molar-refractivity contribution in [2.45, 2.75) is 20.1 Å². The molecule has 0 atom stereocenters. The van der Waals surface area contributed by atoms with E-state index in [0.717, 1.165) is 16.8 Å². The Hall–Kier alpha value is -0.710. The number of methoxy groups -OCH3 is 2. The molecular formula is C9H13ClN2O2. The molecule has 0 aliphatic carbocycles. The van der Waals surface area contributed by atoms with E-state index in [1.165, 1.54) is 0 Å². The fraction of sp³-hybridized carbons (Fsp3) is 0.556. The molecule has 0 spiro atoms. The minimum Gasteiger partial charge on any atom is -0.380 e. The number of aryl methyl sites for hydroxylation is 1. The average molecular weight is 217 g/mol. The lowest BCUT2D eigenvalue weighted by atomic mass is 10.1. The standard InChI is InChI=1S/C9H13ClN2O2/c1-6-7(4-13-2)8(5-14-3)9(10)12-11-6/h4-5H2,1-3H3. The lowest BCUT2D eigenvalue weighted by Gasteiger charge is -2.10. The Labute approximate surface area is 88.2 Å². The molecule has 0 saturated heterocycles. The van der Waals surface area contributed by atoms with Gasteiger partial charge in [-0.15, -0.1) is 5.10 Å². The van der Waals surface area contributed by atoms with Crippen molar-refractivity contribution < 1.29 is 9.47 Å². The fourth-order valence-electron chi connectivity index (χ4n) is 1.21.